The number of hydrogen-bond donors (Lipinski definition) is 1. The summed E-state index contributed by atoms with van der Waals surface area (Å²) >= 11 is 1.37. The van der Waals surface area contributed by atoms with Crippen molar-refractivity contribution in [1.82, 2.24) is 4.98 Å². The molecule has 2 N–H and O–H groups in total. The summed E-state index contributed by atoms with van der Waals surface area (Å²) < 4.78 is 0. The van der Waals surface area contributed by atoms with Crippen LogP contribution in [0.2, 0.25) is 0 Å². The Balaban J connectivity index is 1.71. The number of carbonyl (C=O) groups excluding carboxylic acids is 1. The summed E-state index contributed by atoms with van der Waals surface area (Å²) in [7, 11) is 0. The Kier molecular flexibility index (Phi) is 4.49. The highest BCUT2D eigenvalue weighted by atomic mass is 32.2. The number of amides is 1. The quantitative estimate of drug-likeness (QED) is 0.693. The molecule has 1 aromatic carbocycles. The first-order valence-corrected chi connectivity index (χ1v) is 8.34. The number of rotatable bonds is 3. The highest BCUT2D eigenvalue weighted by Gasteiger charge is 2.24. The van der Waals surface area contributed by atoms with Crippen molar-refractivity contribution < 1.29 is 4.79 Å². The average Bonchev–Trinajstić information content (AvgIpc) is 2.60. The molecule has 0 aliphatic carbocycles. The molecule has 0 saturated carbocycles. The van der Waals surface area contributed by atoms with Gasteiger partial charge >= 0.3 is 0 Å². The van der Waals surface area contributed by atoms with Gasteiger partial charge in [0.2, 0.25) is 5.91 Å². The minimum absolute atomic E-state index is 0.0278. The van der Waals surface area contributed by atoms with Crippen LogP contribution in [0.25, 0.3) is 0 Å². The van der Waals surface area contributed by atoms with Gasteiger partial charge in [0.05, 0.1) is 27.7 Å². The monoisotopic (exact) mass is 324 g/mol. The lowest BCUT2D eigenvalue weighted by Gasteiger charge is -2.30. The number of fused-ring (bicyclic) bond motifs is 1. The molecule has 0 spiro atoms. The number of benzene rings is 1. The van der Waals surface area contributed by atoms with Crippen molar-refractivity contribution in [2.45, 2.75) is 17.9 Å². The molecule has 0 saturated heterocycles. The summed E-state index contributed by atoms with van der Waals surface area (Å²) in [5.74, 6) is 0.326. The average molecular weight is 324 g/mol. The second-order valence-electron chi connectivity index (χ2n) is 5.29. The smallest absolute Gasteiger partial charge is 0.237 e. The summed E-state index contributed by atoms with van der Waals surface area (Å²) in [4.78, 5) is 18.5. The Hall–Kier alpha value is -2.52. The van der Waals surface area contributed by atoms with Crippen molar-refractivity contribution in [3.05, 3.63) is 47.7 Å². The normalized spacial score (nSPS) is 13.3. The number of pyridine rings is 1. The molecule has 116 valence electrons. The van der Waals surface area contributed by atoms with Gasteiger partial charge in [-0.25, -0.2) is 4.98 Å². The molecule has 5 nitrogen and oxygen atoms in total. The number of nitrogens with two attached hydrogens (primary N) is 1. The molecule has 0 bridgehead atoms. The van der Waals surface area contributed by atoms with Gasteiger partial charge in [0.15, 0.2) is 0 Å². The van der Waals surface area contributed by atoms with E-state index in [-0.39, 0.29) is 5.91 Å². The first-order chi connectivity index (χ1) is 11.2. The number of hydrogen-bond acceptors (Lipinski definition) is 5. The van der Waals surface area contributed by atoms with E-state index < -0.39 is 0 Å². The second-order valence-corrected chi connectivity index (χ2v) is 6.29. The number of nitrogens with zero attached hydrogens (tertiary/aromatic N) is 3. The Morgan fingerprint density at radius 3 is 3.00 bits per heavy atom. The zero-order valence-corrected chi connectivity index (χ0v) is 13.3. The zero-order chi connectivity index (χ0) is 16.2. The number of aryl methyl sites for hydroxylation is 1. The van der Waals surface area contributed by atoms with E-state index in [0.717, 1.165) is 29.1 Å². The minimum atomic E-state index is 0.0278. The summed E-state index contributed by atoms with van der Waals surface area (Å²) in [6.07, 6.45) is 3.41. The fourth-order valence-corrected chi connectivity index (χ4v) is 3.40. The maximum absolute atomic E-state index is 12.6. The third-order valence-corrected chi connectivity index (χ3v) is 4.69. The molecular formula is C17H16N4OS. The van der Waals surface area contributed by atoms with Gasteiger partial charge in [-0.05, 0) is 36.6 Å². The highest BCUT2D eigenvalue weighted by molar-refractivity contribution is 7.99. The third kappa shape index (κ3) is 3.30. The number of nitrogen functional groups attached to an aromatic ring is 1. The minimum Gasteiger partial charge on any atom is -0.397 e. The summed E-state index contributed by atoms with van der Waals surface area (Å²) in [5.41, 5.74) is 9.22. The Morgan fingerprint density at radius 1 is 1.39 bits per heavy atom. The summed E-state index contributed by atoms with van der Waals surface area (Å²) in [5, 5.41) is 9.50. The van der Waals surface area contributed by atoms with Crippen molar-refractivity contribution in [2.24, 2.45) is 0 Å². The number of para-hydroxylation sites is 1. The zero-order valence-electron chi connectivity index (χ0n) is 12.5. The van der Waals surface area contributed by atoms with Gasteiger partial charge in [0, 0.05) is 12.7 Å². The SMILES string of the molecule is N#Cc1ccc(SCC(=O)N2CCCc3cccc(N)c32)nc1. The lowest BCUT2D eigenvalue weighted by Crippen LogP contribution is -2.37. The van der Waals surface area contributed by atoms with Crippen LogP contribution < -0.4 is 10.6 Å². The number of anilines is 2. The molecule has 1 aromatic heterocycles. The van der Waals surface area contributed by atoms with Crippen LogP contribution in [0.4, 0.5) is 11.4 Å². The van der Waals surface area contributed by atoms with E-state index in [0.29, 0.717) is 23.5 Å². The van der Waals surface area contributed by atoms with Crippen LogP contribution in [0.1, 0.15) is 17.5 Å². The summed E-state index contributed by atoms with van der Waals surface area (Å²) in [6, 6.07) is 11.3. The molecule has 6 heteroatoms. The van der Waals surface area contributed by atoms with E-state index in [9.17, 15) is 4.79 Å². The molecule has 1 aliphatic rings. The molecule has 0 atom stereocenters. The molecule has 2 aromatic rings. The van der Waals surface area contributed by atoms with Crippen LogP contribution in [0.3, 0.4) is 0 Å². The lowest BCUT2D eigenvalue weighted by atomic mass is 10.0. The van der Waals surface area contributed by atoms with Gasteiger partial charge in [0.25, 0.3) is 0 Å². The first kappa shape index (κ1) is 15.4. The molecule has 3 rings (SSSR count). The highest BCUT2D eigenvalue weighted by Crippen LogP contribution is 2.33. The fourth-order valence-electron chi connectivity index (χ4n) is 2.68. The van der Waals surface area contributed by atoms with Gasteiger partial charge < -0.3 is 10.6 Å². The predicted molar refractivity (Wildman–Crippen MR) is 91.2 cm³/mol. The maximum atomic E-state index is 12.6. The van der Waals surface area contributed by atoms with Crippen LogP contribution in [-0.2, 0) is 11.2 Å². The summed E-state index contributed by atoms with van der Waals surface area (Å²) in [6.45, 7) is 0.696. The largest absolute Gasteiger partial charge is 0.397 e. The van der Waals surface area contributed by atoms with Gasteiger partial charge in [-0.15, -0.1) is 0 Å². The van der Waals surface area contributed by atoms with Crippen LogP contribution >= 0.6 is 11.8 Å². The molecule has 23 heavy (non-hydrogen) atoms. The topological polar surface area (TPSA) is 83.0 Å². The van der Waals surface area contributed by atoms with E-state index in [4.69, 9.17) is 11.0 Å². The maximum Gasteiger partial charge on any atom is 0.237 e. The molecule has 0 fully saturated rings. The predicted octanol–water partition coefficient (Wildman–Crippen LogP) is 2.61. The lowest BCUT2D eigenvalue weighted by molar-refractivity contribution is -0.116. The first-order valence-electron chi connectivity index (χ1n) is 7.35. The van der Waals surface area contributed by atoms with Gasteiger partial charge in [0.1, 0.15) is 6.07 Å². The van der Waals surface area contributed by atoms with Crippen molar-refractivity contribution in [2.75, 3.05) is 22.9 Å². The molecular weight excluding hydrogens is 308 g/mol. The van der Waals surface area contributed by atoms with E-state index in [1.165, 1.54) is 18.0 Å². The van der Waals surface area contributed by atoms with E-state index in [2.05, 4.69) is 4.98 Å². The number of thioether (sulfide) groups is 1. The molecule has 2 heterocycles. The fraction of sp³-hybridized carbons (Fsp3) is 0.235. The van der Waals surface area contributed by atoms with E-state index in [1.54, 1.807) is 17.0 Å². The Labute approximate surface area is 139 Å². The van der Waals surface area contributed by atoms with Crippen LogP contribution in [0.5, 0.6) is 0 Å². The molecule has 0 radical (unpaired) electrons. The Morgan fingerprint density at radius 2 is 2.26 bits per heavy atom. The van der Waals surface area contributed by atoms with Gasteiger partial charge in [-0.3, -0.25) is 4.79 Å². The van der Waals surface area contributed by atoms with Gasteiger partial charge in [-0.1, -0.05) is 23.9 Å². The van der Waals surface area contributed by atoms with Crippen molar-refractivity contribution in [1.29, 1.82) is 5.26 Å². The van der Waals surface area contributed by atoms with Crippen LogP contribution in [-0.4, -0.2) is 23.2 Å². The van der Waals surface area contributed by atoms with E-state index >= 15 is 0 Å². The Bertz CT molecular complexity index is 767. The number of nitriles is 1. The third-order valence-electron chi connectivity index (χ3n) is 3.76. The standard InChI is InChI=1S/C17H16N4OS/c18-9-12-6-7-15(20-10-12)23-11-16(22)21-8-2-4-13-3-1-5-14(19)17(13)21/h1,3,5-7,10H,2,4,8,11,19H2. The molecule has 1 amide bonds. The van der Waals surface area contributed by atoms with Crippen LogP contribution in [0.15, 0.2) is 41.6 Å². The molecule has 1 aliphatic heterocycles. The van der Waals surface area contributed by atoms with Crippen molar-refractivity contribution in [3.8, 4) is 6.07 Å². The van der Waals surface area contributed by atoms with Crippen molar-refractivity contribution >= 4 is 29.0 Å². The second kappa shape index (κ2) is 6.71. The van der Waals surface area contributed by atoms with E-state index in [1.807, 2.05) is 24.3 Å². The number of aromatic nitrogens is 1. The number of carbonyl (C=O) groups is 1. The molecule has 0 unspecified atom stereocenters. The van der Waals surface area contributed by atoms with Gasteiger partial charge in [-0.2, -0.15) is 5.26 Å². The van der Waals surface area contributed by atoms with Crippen LogP contribution in [0, 0.1) is 11.3 Å². The van der Waals surface area contributed by atoms with Crippen molar-refractivity contribution in [3.63, 3.8) is 0 Å².